The highest BCUT2D eigenvalue weighted by molar-refractivity contribution is 5.42. The van der Waals surface area contributed by atoms with E-state index in [1.807, 2.05) is 13.8 Å². The fourth-order valence-corrected chi connectivity index (χ4v) is 2.62. The largest absolute Gasteiger partial charge is 0.222 e. The molecule has 0 radical (unpaired) electrons. The molecule has 0 heterocycles. The summed E-state index contributed by atoms with van der Waals surface area (Å²) >= 11 is 0. The number of hydrogen-bond donors (Lipinski definition) is 0. The van der Waals surface area contributed by atoms with Crippen LogP contribution < -0.4 is 0 Å². The van der Waals surface area contributed by atoms with Gasteiger partial charge >= 0.3 is 0 Å². The monoisotopic (exact) mass is 238 g/mol. The summed E-state index contributed by atoms with van der Waals surface area (Å²) in [6, 6.07) is 4.04. The Morgan fingerprint density at radius 1 is 0.706 bits per heavy atom. The van der Waals surface area contributed by atoms with Gasteiger partial charge in [0.05, 0.1) is 18.1 Å². The molecule has 17 heavy (non-hydrogen) atoms. The van der Waals surface area contributed by atoms with Gasteiger partial charge in [-0.1, -0.05) is 52.4 Å². The van der Waals surface area contributed by atoms with Crippen molar-refractivity contribution in [2.45, 2.75) is 90.1 Å². The SMILES string of the molecule is C(=NC1CCCCC1)=NC1CCCCC1.CC.[HH]. The molecule has 2 aliphatic carbocycles. The normalized spacial score (nSPS) is 22.0. The van der Waals surface area contributed by atoms with E-state index in [-0.39, 0.29) is 1.43 Å². The van der Waals surface area contributed by atoms with Crippen molar-refractivity contribution in [3.63, 3.8) is 0 Å². The minimum atomic E-state index is 0. The third kappa shape index (κ3) is 6.02. The smallest absolute Gasteiger partial charge is 0.0898 e. The second-order valence-corrected chi connectivity index (χ2v) is 4.94. The summed E-state index contributed by atoms with van der Waals surface area (Å²) in [6.45, 7) is 4.00. The van der Waals surface area contributed by atoms with Gasteiger partial charge in [-0.15, -0.1) is 0 Å². The Balaban J connectivity index is 0.000000917. The zero-order valence-corrected chi connectivity index (χ0v) is 11.6. The van der Waals surface area contributed by atoms with Crippen molar-refractivity contribution >= 4 is 6.01 Å². The molecular formula is C15H30N2. The van der Waals surface area contributed by atoms with Crippen molar-refractivity contribution in [3.05, 3.63) is 0 Å². The highest BCUT2D eigenvalue weighted by Crippen LogP contribution is 2.21. The van der Waals surface area contributed by atoms with E-state index in [2.05, 4.69) is 16.0 Å². The second-order valence-electron chi connectivity index (χ2n) is 4.94. The summed E-state index contributed by atoms with van der Waals surface area (Å²) in [7, 11) is 0. The van der Waals surface area contributed by atoms with Gasteiger partial charge in [0.2, 0.25) is 0 Å². The van der Waals surface area contributed by atoms with Crippen molar-refractivity contribution in [2.24, 2.45) is 9.98 Å². The van der Waals surface area contributed by atoms with Gasteiger partial charge in [0.1, 0.15) is 0 Å². The van der Waals surface area contributed by atoms with Crippen LogP contribution in [-0.4, -0.2) is 18.1 Å². The van der Waals surface area contributed by atoms with Gasteiger partial charge in [-0.25, -0.2) is 9.98 Å². The van der Waals surface area contributed by atoms with Crippen LogP contribution >= 0.6 is 0 Å². The highest BCUT2D eigenvalue weighted by Gasteiger charge is 2.12. The Bertz CT molecular complexity index is 213. The fourth-order valence-electron chi connectivity index (χ4n) is 2.62. The summed E-state index contributed by atoms with van der Waals surface area (Å²) in [5, 5.41) is 0. The molecule has 2 rings (SSSR count). The zero-order valence-electron chi connectivity index (χ0n) is 11.6. The average molecular weight is 238 g/mol. The molecule has 2 fully saturated rings. The Kier molecular flexibility index (Phi) is 8.00. The zero-order chi connectivity index (χ0) is 12.3. The number of hydrogen-bond acceptors (Lipinski definition) is 2. The minimum Gasteiger partial charge on any atom is -0.222 e. The number of nitrogens with zero attached hydrogens (tertiary/aromatic N) is 2. The Labute approximate surface area is 108 Å². The fraction of sp³-hybridized carbons (Fsp3) is 0.933. The molecule has 0 aromatic rings. The van der Waals surface area contributed by atoms with E-state index in [1.165, 1.54) is 64.2 Å². The van der Waals surface area contributed by atoms with Crippen LogP contribution in [0.25, 0.3) is 0 Å². The first-order valence-electron chi connectivity index (χ1n) is 7.60. The van der Waals surface area contributed by atoms with Crippen molar-refractivity contribution < 1.29 is 1.43 Å². The molecule has 0 spiro atoms. The molecule has 2 nitrogen and oxygen atoms in total. The Morgan fingerprint density at radius 2 is 1.06 bits per heavy atom. The molecule has 0 aromatic carbocycles. The maximum absolute atomic E-state index is 4.46. The molecule has 0 unspecified atom stereocenters. The van der Waals surface area contributed by atoms with E-state index >= 15 is 0 Å². The van der Waals surface area contributed by atoms with Crippen LogP contribution in [0.5, 0.6) is 0 Å². The quantitative estimate of drug-likeness (QED) is 0.598. The van der Waals surface area contributed by atoms with E-state index < -0.39 is 0 Å². The van der Waals surface area contributed by atoms with Gasteiger partial charge in [-0.2, -0.15) is 0 Å². The lowest BCUT2D eigenvalue weighted by atomic mass is 9.96. The maximum Gasteiger partial charge on any atom is 0.0898 e. The molecule has 0 bridgehead atoms. The van der Waals surface area contributed by atoms with E-state index in [1.54, 1.807) is 0 Å². The third-order valence-electron chi connectivity index (χ3n) is 3.63. The van der Waals surface area contributed by atoms with Gasteiger partial charge < -0.3 is 0 Å². The van der Waals surface area contributed by atoms with Crippen LogP contribution in [0.15, 0.2) is 9.98 Å². The van der Waals surface area contributed by atoms with Crippen LogP contribution in [-0.2, 0) is 0 Å². The first-order valence-corrected chi connectivity index (χ1v) is 7.60. The molecule has 2 heteroatoms. The van der Waals surface area contributed by atoms with Crippen LogP contribution in [0.2, 0.25) is 0 Å². The van der Waals surface area contributed by atoms with Gasteiger partial charge in [0, 0.05) is 1.43 Å². The molecule has 0 N–H and O–H groups in total. The second kappa shape index (κ2) is 9.41. The topological polar surface area (TPSA) is 24.7 Å². The van der Waals surface area contributed by atoms with E-state index in [9.17, 15) is 0 Å². The molecule has 2 aliphatic rings. The van der Waals surface area contributed by atoms with Crippen molar-refractivity contribution in [1.82, 2.24) is 0 Å². The number of rotatable bonds is 2. The van der Waals surface area contributed by atoms with Crippen LogP contribution in [0.4, 0.5) is 0 Å². The van der Waals surface area contributed by atoms with Gasteiger partial charge in [0.15, 0.2) is 0 Å². The van der Waals surface area contributed by atoms with Gasteiger partial charge in [-0.05, 0) is 25.7 Å². The van der Waals surface area contributed by atoms with E-state index in [4.69, 9.17) is 0 Å². The van der Waals surface area contributed by atoms with Gasteiger partial charge in [0.25, 0.3) is 0 Å². The lowest BCUT2D eigenvalue weighted by Crippen LogP contribution is -2.10. The summed E-state index contributed by atoms with van der Waals surface area (Å²) in [5.41, 5.74) is 0. The van der Waals surface area contributed by atoms with Gasteiger partial charge in [-0.3, -0.25) is 0 Å². The lowest BCUT2D eigenvalue weighted by Gasteiger charge is -2.17. The molecule has 0 aliphatic heterocycles. The van der Waals surface area contributed by atoms with Crippen molar-refractivity contribution in [2.75, 3.05) is 0 Å². The third-order valence-corrected chi connectivity index (χ3v) is 3.63. The lowest BCUT2D eigenvalue weighted by molar-refractivity contribution is 0.438. The summed E-state index contributed by atoms with van der Waals surface area (Å²) in [5.74, 6) is 0. The van der Waals surface area contributed by atoms with Crippen LogP contribution in [0.1, 0.15) is 79.5 Å². The van der Waals surface area contributed by atoms with E-state index in [0.717, 1.165) is 0 Å². The minimum absolute atomic E-state index is 0. The highest BCUT2D eigenvalue weighted by atomic mass is 14.9. The number of aliphatic imine (C=N–C) groups is 2. The summed E-state index contributed by atoms with van der Waals surface area (Å²) in [4.78, 5) is 8.92. The predicted octanol–water partition coefficient (Wildman–Crippen LogP) is 5.10. The molecular weight excluding hydrogens is 208 g/mol. The Hall–Kier alpha value is -0.620. The van der Waals surface area contributed by atoms with Crippen LogP contribution in [0, 0.1) is 0 Å². The maximum atomic E-state index is 4.46. The van der Waals surface area contributed by atoms with Crippen LogP contribution in [0.3, 0.4) is 0 Å². The predicted molar refractivity (Wildman–Crippen MR) is 77.1 cm³/mol. The van der Waals surface area contributed by atoms with E-state index in [0.29, 0.717) is 12.1 Å². The summed E-state index contributed by atoms with van der Waals surface area (Å²) < 4.78 is 0. The standard InChI is InChI=1S/C13H22N2.C2H6.H2/c1-3-7-12(8-4-1)14-11-15-13-9-5-2-6-10-13;1-2;/h12-13H,1-10H2;1-2H3;1H. The first-order chi connectivity index (χ1) is 8.45. The Morgan fingerprint density at radius 3 is 1.41 bits per heavy atom. The molecule has 0 saturated heterocycles. The van der Waals surface area contributed by atoms with Crippen molar-refractivity contribution in [3.8, 4) is 0 Å². The average Bonchev–Trinajstić information content (AvgIpc) is 2.43. The first kappa shape index (κ1) is 14.4. The van der Waals surface area contributed by atoms with Crippen molar-refractivity contribution in [1.29, 1.82) is 0 Å². The molecule has 0 atom stereocenters. The molecule has 100 valence electrons. The summed E-state index contributed by atoms with van der Waals surface area (Å²) in [6.07, 6.45) is 13.2. The molecule has 2 saturated carbocycles. The molecule has 0 aromatic heterocycles. The molecule has 0 amide bonds.